The van der Waals surface area contributed by atoms with Crippen molar-refractivity contribution in [2.24, 2.45) is 5.73 Å². The first-order chi connectivity index (χ1) is 9.17. The summed E-state index contributed by atoms with van der Waals surface area (Å²) < 4.78 is 7.64. The Labute approximate surface area is 114 Å². The number of pyridine rings is 1. The summed E-state index contributed by atoms with van der Waals surface area (Å²) in [5, 5.41) is 0. The van der Waals surface area contributed by atoms with Crippen molar-refractivity contribution in [2.75, 3.05) is 13.7 Å². The van der Waals surface area contributed by atoms with Crippen molar-refractivity contribution >= 4 is 0 Å². The van der Waals surface area contributed by atoms with Crippen LogP contribution in [0.5, 0.6) is 5.75 Å². The van der Waals surface area contributed by atoms with Gasteiger partial charge in [-0.15, -0.1) is 0 Å². The molecule has 2 rings (SSSR count). The average Bonchev–Trinajstić information content (AvgIpc) is 2.81. The number of nitrogens with zero attached hydrogens (tertiary/aromatic N) is 2. The van der Waals surface area contributed by atoms with Crippen molar-refractivity contribution in [2.45, 2.75) is 26.8 Å². The molecule has 19 heavy (non-hydrogen) atoms. The summed E-state index contributed by atoms with van der Waals surface area (Å²) in [6.07, 6.45) is 4.82. The molecule has 4 heteroatoms. The molecular formula is C15H21N3O. The van der Waals surface area contributed by atoms with Crippen LogP contribution in [0.3, 0.4) is 0 Å². The molecule has 0 amide bonds. The van der Waals surface area contributed by atoms with Gasteiger partial charge in [0.15, 0.2) is 0 Å². The Balaban J connectivity index is 2.31. The summed E-state index contributed by atoms with van der Waals surface area (Å²) in [5.41, 5.74) is 10.1. The minimum Gasteiger partial charge on any atom is -0.496 e. The summed E-state index contributed by atoms with van der Waals surface area (Å²) >= 11 is 0. The molecule has 2 heterocycles. The van der Waals surface area contributed by atoms with Crippen molar-refractivity contribution in [3.63, 3.8) is 0 Å². The monoisotopic (exact) mass is 259 g/mol. The van der Waals surface area contributed by atoms with Crippen molar-refractivity contribution in [3.05, 3.63) is 47.0 Å². The maximum Gasteiger partial charge on any atom is 0.128 e. The lowest BCUT2D eigenvalue weighted by molar-refractivity contribution is 0.406. The first-order valence-electron chi connectivity index (χ1n) is 6.50. The van der Waals surface area contributed by atoms with Crippen LogP contribution in [0.1, 0.15) is 22.5 Å². The predicted molar refractivity (Wildman–Crippen MR) is 76.6 cm³/mol. The molecule has 4 nitrogen and oxygen atoms in total. The van der Waals surface area contributed by atoms with E-state index in [2.05, 4.69) is 28.7 Å². The van der Waals surface area contributed by atoms with Crippen LogP contribution in [0.15, 0.2) is 24.5 Å². The Morgan fingerprint density at radius 2 is 2.16 bits per heavy atom. The Morgan fingerprint density at radius 3 is 2.84 bits per heavy atom. The Hall–Kier alpha value is -1.81. The van der Waals surface area contributed by atoms with E-state index < -0.39 is 0 Å². The van der Waals surface area contributed by atoms with Crippen LogP contribution in [0, 0.1) is 13.8 Å². The first kappa shape index (κ1) is 13.6. The third-order valence-electron chi connectivity index (χ3n) is 3.39. The second-order valence-electron chi connectivity index (χ2n) is 4.71. The second-order valence-corrected chi connectivity index (χ2v) is 4.71. The number of hydrogen-bond donors (Lipinski definition) is 1. The maximum absolute atomic E-state index is 5.63. The van der Waals surface area contributed by atoms with Gasteiger partial charge in [0, 0.05) is 29.2 Å². The molecule has 102 valence electrons. The molecule has 0 saturated heterocycles. The normalized spacial score (nSPS) is 10.7. The molecule has 2 aromatic heterocycles. The number of aromatic nitrogens is 2. The van der Waals surface area contributed by atoms with Gasteiger partial charge in [0.1, 0.15) is 5.75 Å². The molecule has 0 unspecified atom stereocenters. The fraction of sp³-hybridized carbons (Fsp3) is 0.400. The van der Waals surface area contributed by atoms with Gasteiger partial charge in [-0.25, -0.2) is 0 Å². The van der Waals surface area contributed by atoms with E-state index in [-0.39, 0.29) is 0 Å². The third kappa shape index (κ3) is 2.79. The van der Waals surface area contributed by atoms with Crippen LogP contribution in [-0.2, 0) is 13.0 Å². The summed E-state index contributed by atoms with van der Waals surface area (Å²) in [5.74, 6) is 0.928. The number of aryl methyl sites for hydroxylation is 1. The van der Waals surface area contributed by atoms with Gasteiger partial charge >= 0.3 is 0 Å². The van der Waals surface area contributed by atoms with Gasteiger partial charge in [0.2, 0.25) is 0 Å². The zero-order chi connectivity index (χ0) is 13.8. The van der Waals surface area contributed by atoms with Gasteiger partial charge in [0.05, 0.1) is 19.3 Å². The van der Waals surface area contributed by atoms with Gasteiger partial charge in [-0.3, -0.25) is 4.98 Å². The Morgan fingerprint density at radius 1 is 1.37 bits per heavy atom. The van der Waals surface area contributed by atoms with Crippen LogP contribution in [0.4, 0.5) is 0 Å². The molecule has 2 aromatic rings. The molecule has 0 radical (unpaired) electrons. The summed E-state index contributed by atoms with van der Waals surface area (Å²) in [4.78, 5) is 4.53. The molecule has 0 bridgehead atoms. The molecule has 0 aliphatic heterocycles. The van der Waals surface area contributed by atoms with Crippen LogP contribution in [-0.4, -0.2) is 23.2 Å². The number of methoxy groups -OCH3 is 1. The summed E-state index contributed by atoms with van der Waals surface area (Å²) in [6.45, 7) is 5.48. The summed E-state index contributed by atoms with van der Waals surface area (Å²) in [7, 11) is 1.70. The predicted octanol–water partition coefficient (Wildman–Crippen LogP) is 2.06. The number of rotatable bonds is 5. The van der Waals surface area contributed by atoms with Gasteiger partial charge in [-0.1, -0.05) is 0 Å². The van der Waals surface area contributed by atoms with E-state index in [0.29, 0.717) is 6.54 Å². The first-order valence-corrected chi connectivity index (χ1v) is 6.50. The molecule has 0 aliphatic carbocycles. The van der Waals surface area contributed by atoms with E-state index in [4.69, 9.17) is 10.5 Å². The molecule has 0 atom stereocenters. The highest BCUT2D eigenvalue weighted by atomic mass is 16.5. The van der Waals surface area contributed by atoms with Crippen LogP contribution in [0.2, 0.25) is 0 Å². The van der Waals surface area contributed by atoms with Gasteiger partial charge in [-0.2, -0.15) is 0 Å². The van der Waals surface area contributed by atoms with E-state index in [1.165, 1.54) is 5.69 Å². The molecule has 0 saturated carbocycles. The largest absolute Gasteiger partial charge is 0.496 e. The number of ether oxygens (including phenoxy) is 1. The molecular weight excluding hydrogens is 238 g/mol. The van der Waals surface area contributed by atoms with E-state index in [9.17, 15) is 0 Å². The zero-order valence-corrected chi connectivity index (χ0v) is 11.8. The van der Waals surface area contributed by atoms with Crippen molar-refractivity contribution in [1.29, 1.82) is 0 Å². The average molecular weight is 259 g/mol. The van der Waals surface area contributed by atoms with E-state index in [1.807, 2.05) is 19.2 Å². The summed E-state index contributed by atoms with van der Waals surface area (Å²) in [6, 6.07) is 4.15. The van der Waals surface area contributed by atoms with Crippen LogP contribution >= 0.6 is 0 Å². The lowest BCUT2D eigenvalue weighted by atomic mass is 10.1. The molecule has 0 aromatic carbocycles. The molecule has 0 spiro atoms. The minimum atomic E-state index is 0.660. The van der Waals surface area contributed by atoms with Crippen molar-refractivity contribution in [3.8, 4) is 5.75 Å². The van der Waals surface area contributed by atoms with Crippen molar-refractivity contribution in [1.82, 2.24) is 9.55 Å². The lowest BCUT2D eigenvalue weighted by Gasteiger charge is -2.14. The third-order valence-corrected chi connectivity index (χ3v) is 3.39. The van der Waals surface area contributed by atoms with Crippen LogP contribution in [0.25, 0.3) is 0 Å². The van der Waals surface area contributed by atoms with Gasteiger partial charge < -0.3 is 15.0 Å². The quantitative estimate of drug-likeness (QED) is 0.894. The fourth-order valence-corrected chi connectivity index (χ4v) is 2.37. The van der Waals surface area contributed by atoms with Crippen LogP contribution < -0.4 is 10.5 Å². The SMILES string of the molecule is COc1c(C)cnc(Cn2cccc2CCN)c1C. The molecule has 0 aliphatic rings. The Bertz CT molecular complexity index is 561. The highest BCUT2D eigenvalue weighted by molar-refractivity contribution is 5.41. The minimum absolute atomic E-state index is 0.660. The van der Waals surface area contributed by atoms with E-state index in [0.717, 1.165) is 35.5 Å². The lowest BCUT2D eigenvalue weighted by Crippen LogP contribution is -2.11. The molecule has 2 N–H and O–H groups in total. The number of nitrogens with two attached hydrogens (primary N) is 1. The maximum atomic E-state index is 5.63. The van der Waals surface area contributed by atoms with E-state index >= 15 is 0 Å². The smallest absolute Gasteiger partial charge is 0.128 e. The van der Waals surface area contributed by atoms with Gasteiger partial charge in [0.25, 0.3) is 0 Å². The van der Waals surface area contributed by atoms with E-state index in [1.54, 1.807) is 7.11 Å². The fourth-order valence-electron chi connectivity index (χ4n) is 2.37. The second kappa shape index (κ2) is 5.89. The zero-order valence-electron chi connectivity index (χ0n) is 11.8. The highest BCUT2D eigenvalue weighted by Crippen LogP contribution is 2.24. The Kier molecular flexibility index (Phi) is 4.22. The highest BCUT2D eigenvalue weighted by Gasteiger charge is 2.10. The number of hydrogen-bond acceptors (Lipinski definition) is 3. The standard InChI is InChI=1S/C15H21N3O/c1-11-9-17-14(12(2)15(11)19-3)10-18-8-4-5-13(18)6-7-16/h4-5,8-9H,6-7,10,16H2,1-3H3. The van der Waals surface area contributed by atoms with Gasteiger partial charge in [-0.05, 0) is 38.9 Å². The molecule has 0 fully saturated rings. The van der Waals surface area contributed by atoms with Crippen molar-refractivity contribution < 1.29 is 4.74 Å². The topological polar surface area (TPSA) is 53.1 Å².